The first-order valence-electron chi connectivity index (χ1n) is 6.99. The number of nitrogens with one attached hydrogen (secondary N) is 1. The van der Waals surface area contributed by atoms with Gasteiger partial charge >= 0.3 is 0 Å². The Morgan fingerprint density at radius 2 is 2.05 bits per heavy atom. The highest BCUT2D eigenvalue weighted by Gasteiger charge is 2.18. The third-order valence-electron chi connectivity index (χ3n) is 3.46. The summed E-state index contributed by atoms with van der Waals surface area (Å²) in [5, 5.41) is 12.6. The number of rotatable bonds is 9. The minimum Gasteiger partial charge on any atom is -0.497 e. The molecule has 0 saturated heterocycles. The van der Waals surface area contributed by atoms with Crippen LogP contribution in [0.25, 0.3) is 0 Å². The summed E-state index contributed by atoms with van der Waals surface area (Å²) in [5.74, 6) is 1.51. The Morgan fingerprint density at radius 3 is 2.55 bits per heavy atom. The zero-order chi connectivity index (χ0) is 15.0. The van der Waals surface area contributed by atoms with Gasteiger partial charge in [0, 0.05) is 36.9 Å². The van der Waals surface area contributed by atoms with Crippen molar-refractivity contribution in [3.05, 3.63) is 23.8 Å². The van der Waals surface area contributed by atoms with Gasteiger partial charge in [-0.15, -0.1) is 0 Å². The van der Waals surface area contributed by atoms with Crippen LogP contribution in [0.1, 0.15) is 31.4 Å². The molecule has 1 aromatic rings. The van der Waals surface area contributed by atoms with Gasteiger partial charge in [0.1, 0.15) is 11.5 Å². The Kier molecular flexibility index (Phi) is 7.36. The van der Waals surface area contributed by atoms with E-state index < -0.39 is 0 Å². The summed E-state index contributed by atoms with van der Waals surface area (Å²) in [4.78, 5) is 0. The van der Waals surface area contributed by atoms with Gasteiger partial charge in [0.2, 0.25) is 0 Å². The van der Waals surface area contributed by atoms with Crippen LogP contribution in [0.3, 0.4) is 0 Å². The molecule has 20 heavy (non-hydrogen) atoms. The fourth-order valence-electron chi connectivity index (χ4n) is 2.24. The van der Waals surface area contributed by atoms with Crippen molar-refractivity contribution in [1.29, 1.82) is 0 Å². The van der Waals surface area contributed by atoms with Crippen LogP contribution in [-0.2, 0) is 0 Å². The maximum atomic E-state index is 9.08. The van der Waals surface area contributed by atoms with Crippen LogP contribution in [0.2, 0.25) is 0 Å². The second-order valence-electron chi connectivity index (χ2n) is 4.68. The van der Waals surface area contributed by atoms with Crippen molar-refractivity contribution in [2.75, 3.05) is 27.4 Å². The third kappa shape index (κ3) is 4.37. The molecule has 1 rings (SSSR count). The Balaban J connectivity index is 2.93. The maximum Gasteiger partial charge on any atom is 0.127 e. The molecule has 0 radical (unpaired) electrons. The highest BCUT2D eigenvalue weighted by molar-refractivity contribution is 5.42. The lowest BCUT2D eigenvalue weighted by molar-refractivity contribution is 0.255. The standard InChI is InChI=1S/C15H26N2O3/c1-4-11(7-8-18)17-14(10-16)13-6-5-12(19-2)9-15(13)20-3/h5-6,9,11,14,17-18H,4,7-8,10,16H2,1-3H3. The Bertz CT molecular complexity index is 399. The normalized spacial score (nSPS) is 13.8. The molecular formula is C15H26N2O3. The van der Waals surface area contributed by atoms with Crippen LogP contribution in [-0.4, -0.2) is 38.5 Å². The smallest absolute Gasteiger partial charge is 0.127 e. The summed E-state index contributed by atoms with van der Waals surface area (Å²) in [6.45, 7) is 2.72. The first kappa shape index (κ1) is 16.8. The summed E-state index contributed by atoms with van der Waals surface area (Å²) in [6, 6.07) is 5.95. The van der Waals surface area contributed by atoms with Crippen molar-refractivity contribution in [2.45, 2.75) is 31.8 Å². The van der Waals surface area contributed by atoms with Crippen molar-refractivity contribution in [1.82, 2.24) is 5.32 Å². The van der Waals surface area contributed by atoms with E-state index in [0.29, 0.717) is 13.0 Å². The molecule has 4 N–H and O–H groups in total. The first-order chi connectivity index (χ1) is 9.69. The van der Waals surface area contributed by atoms with Gasteiger partial charge in [-0.2, -0.15) is 0 Å². The molecule has 0 bridgehead atoms. The fourth-order valence-corrected chi connectivity index (χ4v) is 2.24. The predicted molar refractivity (Wildman–Crippen MR) is 80.3 cm³/mol. The Morgan fingerprint density at radius 1 is 1.30 bits per heavy atom. The third-order valence-corrected chi connectivity index (χ3v) is 3.46. The Hall–Kier alpha value is -1.30. The van der Waals surface area contributed by atoms with Crippen molar-refractivity contribution in [3.8, 4) is 11.5 Å². The van der Waals surface area contributed by atoms with Gasteiger partial charge in [-0.1, -0.05) is 13.0 Å². The van der Waals surface area contributed by atoms with Gasteiger partial charge in [-0.25, -0.2) is 0 Å². The average Bonchev–Trinajstić information content (AvgIpc) is 2.50. The molecule has 2 unspecified atom stereocenters. The van der Waals surface area contributed by atoms with E-state index in [4.69, 9.17) is 20.3 Å². The van der Waals surface area contributed by atoms with Crippen LogP contribution in [0.4, 0.5) is 0 Å². The number of hydrogen-bond acceptors (Lipinski definition) is 5. The van der Waals surface area contributed by atoms with Gasteiger partial charge < -0.3 is 25.6 Å². The maximum absolute atomic E-state index is 9.08. The van der Waals surface area contributed by atoms with Crippen molar-refractivity contribution in [3.63, 3.8) is 0 Å². The number of methoxy groups -OCH3 is 2. The van der Waals surface area contributed by atoms with Gasteiger partial charge in [0.15, 0.2) is 0 Å². The SMILES string of the molecule is CCC(CCO)NC(CN)c1ccc(OC)cc1OC. The van der Waals surface area contributed by atoms with E-state index in [0.717, 1.165) is 23.5 Å². The van der Waals surface area contributed by atoms with Crippen molar-refractivity contribution >= 4 is 0 Å². The highest BCUT2D eigenvalue weighted by Crippen LogP contribution is 2.29. The summed E-state index contributed by atoms with van der Waals surface area (Å²) >= 11 is 0. The van der Waals surface area contributed by atoms with E-state index in [9.17, 15) is 0 Å². The largest absolute Gasteiger partial charge is 0.497 e. The fraction of sp³-hybridized carbons (Fsp3) is 0.600. The van der Waals surface area contributed by atoms with E-state index in [2.05, 4.69) is 12.2 Å². The van der Waals surface area contributed by atoms with E-state index in [1.54, 1.807) is 14.2 Å². The molecule has 0 aliphatic heterocycles. The molecular weight excluding hydrogens is 256 g/mol. The molecule has 0 spiro atoms. The van der Waals surface area contributed by atoms with Crippen LogP contribution in [0.15, 0.2) is 18.2 Å². The van der Waals surface area contributed by atoms with Gasteiger partial charge in [0.05, 0.1) is 14.2 Å². The van der Waals surface area contributed by atoms with E-state index in [-0.39, 0.29) is 18.7 Å². The number of ether oxygens (including phenoxy) is 2. The molecule has 5 nitrogen and oxygen atoms in total. The lowest BCUT2D eigenvalue weighted by Crippen LogP contribution is -2.37. The van der Waals surface area contributed by atoms with Crippen LogP contribution >= 0.6 is 0 Å². The molecule has 0 aromatic heterocycles. The number of hydrogen-bond donors (Lipinski definition) is 3. The number of aliphatic hydroxyl groups excluding tert-OH is 1. The number of nitrogens with two attached hydrogens (primary N) is 1. The molecule has 0 aliphatic rings. The van der Waals surface area contributed by atoms with Crippen LogP contribution in [0.5, 0.6) is 11.5 Å². The average molecular weight is 282 g/mol. The molecule has 0 heterocycles. The number of benzene rings is 1. The topological polar surface area (TPSA) is 76.7 Å². The molecule has 0 aliphatic carbocycles. The lowest BCUT2D eigenvalue weighted by atomic mass is 10.0. The lowest BCUT2D eigenvalue weighted by Gasteiger charge is -2.25. The summed E-state index contributed by atoms with van der Waals surface area (Å²) in [5.41, 5.74) is 6.89. The molecule has 0 fully saturated rings. The monoisotopic (exact) mass is 282 g/mol. The molecule has 5 heteroatoms. The summed E-state index contributed by atoms with van der Waals surface area (Å²) in [6.07, 6.45) is 1.65. The second kappa shape index (κ2) is 8.79. The quantitative estimate of drug-likeness (QED) is 0.639. The van der Waals surface area contributed by atoms with Gasteiger partial charge in [0.25, 0.3) is 0 Å². The highest BCUT2D eigenvalue weighted by atomic mass is 16.5. The van der Waals surface area contributed by atoms with E-state index in [1.807, 2.05) is 18.2 Å². The summed E-state index contributed by atoms with van der Waals surface area (Å²) < 4.78 is 10.6. The van der Waals surface area contributed by atoms with Crippen LogP contribution in [0, 0.1) is 0 Å². The summed E-state index contributed by atoms with van der Waals surface area (Å²) in [7, 11) is 3.26. The first-order valence-corrected chi connectivity index (χ1v) is 6.99. The van der Waals surface area contributed by atoms with Crippen molar-refractivity contribution in [2.24, 2.45) is 5.73 Å². The molecule has 0 saturated carbocycles. The molecule has 1 aromatic carbocycles. The zero-order valence-electron chi connectivity index (χ0n) is 12.6. The molecule has 0 amide bonds. The second-order valence-corrected chi connectivity index (χ2v) is 4.68. The van der Waals surface area contributed by atoms with Crippen LogP contribution < -0.4 is 20.5 Å². The predicted octanol–water partition coefficient (Wildman–Crippen LogP) is 1.45. The van der Waals surface area contributed by atoms with E-state index in [1.165, 1.54) is 0 Å². The van der Waals surface area contributed by atoms with Crippen molar-refractivity contribution < 1.29 is 14.6 Å². The Labute approximate surface area is 121 Å². The van der Waals surface area contributed by atoms with E-state index >= 15 is 0 Å². The molecule has 2 atom stereocenters. The minimum absolute atomic E-state index is 0.00708. The molecule has 114 valence electrons. The minimum atomic E-state index is -0.00708. The van der Waals surface area contributed by atoms with Gasteiger partial charge in [-0.3, -0.25) is 0 Å². The zero-order valence-corrected chi connectivity index (χ0v) is 12.6. The van der Waals surface area contributed by atoms with Gasteiger partial charge in [-0.05, 0) is 18.9 Å². The number of aliphatic hydroxyl groups is 1.